The Morgan fingerprint density at radius 1 is 1.15 bits per heavy atom. The van der Waals surface area contributed by atoms with Crippen molar-refractivity contribution in [3.05, 3.63) is 41.6 Å². The second-order valence-corrected chi connectivity index (χ2v) is 8.90. The Kier molecular flexibility index (Phi) is 7.54. The number of anilines is 1. The number of amides is 2. The lowest BCUT2D eigenvalue weighted by atomic mass is 10.0. The van der Waals surface area contributed by atoms with E-state index in [0.717, 1.165) is 37.6 Å². The number of hydrogen-bond donors (Lipinski definition) is 2. The van der Waals surface area contributed by atoms with E-state index < -0.39 is 5.97 Å². The summed E-state index contributed by atoms with van der Waals surface area (Å²) < 4.78 is 7.33. The third-order valence-electron chi connectivity index (χ3n) is 5.76. The summed E-state index contributed by atoms with van der Waals surface area (Å²) >= 11 is 1.44. The van der Waals surface area contributed by atoms with Crippen LogP contribution in [0.25, 0.3) is 5.69 Å². The minimum Gasteiger partial charge on any atom is -0.463 e. The molecule has 2 aromatic rings. The van der Waals surface area contributed by atoms with Gasteiger partial charge in [0, 0.05) is 24.5 Å². The highest BCUT2D eigenvalue weighted by Gasteiger charge is 2.32. The molecule has 176 valence electrons. The first-order valence-corrected chi connectivity index (χ1v) is 12.5. The Hall–Kier alpha value is -3.01. The molecule has 1 unspecified atom stereocenters. The Morgan fingerprint density at radius 2 is 1.91 bits per heavy atom. The minimum absolute atomic E-state index is 0.272. The highest BCUT2D eigenvalue weighted by molar-refractivity contribution is 7.99. The number of nitrogens with zero attached hydrogens (tertiary/aromatic N) is 4. The molecule has 1 saturated heterocycles. The van der Waals surface area contributed by atoms with Gasteiger partial charge in [-0.1, -0.05) is 36.9 Å². The summed E-state index contributed by atoms with van der Waals surface area (Å²) in [7, 11) is 0. The van der Waals surface area contributed by atoms with Crippen molar-refractivity contribution in [1.29, 1.82) is 0 Å². The molecule has 2 aliphatic heterocycles. The molecule has 4 rings (SSSR count). The van der Waals surface area contributed by atoms with Crippen LogP contribution < -0.4 is 15.5 Å². The van der Waals surface area contributed by atoms with Gasteiger partial charge in [-0.2, -0.15) is 0 Å². The van der Waals surface area contributed by atoms with Crippen molar-refractivity contribution in [3.8, 4) is 5.69 Å². The molecule has 0 bridgehead atoms. The van der Waals surface area contributed by atoms with E-state index in [1.54, 1.807) is 6.92 Å². The van der Waals surface area contributed by atoms with Crippen molar-refractivity contribution in [1.82, 2.24) is 25.4 Å². The number of piperidine rings is 1. The molecule has 0 aliphatic carbocycles. The zero-order valence-corrected chi connectivity index (χ0v) is 19.9. The van der Waals surface area contributed by atoms with Gasteiger partial charge in [-0.25, -0.2) is 9.59 Å². The van der Waals surface area contributed by atoms with Crippen LogP contribution in [0.5, 0.6) is 0 Å². The van der Waals surface area contributed by atoms with E-state index >= 15 is 0 Å². The molecule has 3 heterocycles. The summed E-state index contributed by atoms with van der Waals surface area (Å²) in [5.74, 6) is 0.776. The molecule has 2 aliphatic rings. The second-order valence-electron chi connectivity index (χ2n) is 7.96. The maximum atomic E-state index is 12.7. The van der Waals surface area contributed by atoms with Gasteiger partial charge >= 0.3 is 12.0 Å². The van der Waals surface area contributed by atoms with Crippen molar-refractivity contribution >= 4 is 29.7 Å². The van der Waals surface area contributed by atoms with Crippen LogP contribution in [0.15, 0.2) is 46.8 Å². The molecule has 10 heteroatoms. The molecule has 0 saturated carbocycles. The Balaban J connectivity index is 1.66. The molecule has 2 amide bonds. The minimum atomic E-state index is -0.411. The number of ether oxygens (including phenoxy) is 1. The van der Waals surface area contributed by atoms with E-state index in [1.807, 2.05) is 37.3 Å². The number of nitrogens with one attached hydrogen (secondary N) is 2. The number of hydrogen-bond acceptors (Lipinski definition) is 7. The summed E-state index contributed by atoms with van der Waals surface area (Å²) in [4.78, 5) is 27.2. The predicted molar refractivity (Wildman–Crippen MR) is 128 cm³/mol. The van der Waals surface area contributed by atoms with Crippen LogP contribution >= 0.6 is 11.8 Å². The predicted octanol–water partition coefficient (Wildman–Crippen LogP) is 3.26. The number of aromatic nitrogens is 3. The third kappa shape index (κ3) is 5.16. The molecule has 9 nitrogen and oxygen atoms in total. The molecule has 0 spiro atoms. The quantitative estimate of drug-likeness (QED) is 0.451. The summed E-state index contributed by atoms with van der Waals surface area (Å²) in [6, 6.07) is 9.32. The van der Waals surface area contributed by atoms with Crippen LogP contribution in [0, 0.1) is 0 Å². The number of carbonyl (C=O) groups is 2. The largest absolute Gasteiger partial charge is 0.463 e. The van der Waals surface area contributed by atoms with E-state index in [4.69, 9.17) is 4.74 Å². The first kappa shape index (κ1) is 23.2. The fourth-order valence-electron chi connectivity index (χ4n) is 4.17. The summed E-state index contributed by atoms with van der Waals surface area (Å²) in [5.41, 5.74) is 2.00. The lowest BCUT2D eigenvalue weighted by molar-refractivity contribution is -0.139. The Bertz CT molecular complexity index is 1020. The van der Waals surface area contributed by atoms with Gasteiger partial charge in [0.15, 0.2) is 5.16 Å². The van der Waals surface area contributed by atoms with Crippen LogP contribution in [-0.2, 0) is 9.53 Å². The van der Waals surface area contributed by atoms with Gasteiger partial charge in [0.05, 0.1) is 23.9 Å². The van der Waals surface area contributed by atoms with Crippen LogP contribution in [0.1, 0.15) is 39.5 Å². The standard InChI is InChI=1S/C23H30N6O3S/c1-3-17-19(20(30)32-4-2)18(25-21(31)24-17)15-33-23-27-26-22(28-13-9-6-10-14-28)29(23)16-11-7-5-8-12-16/h5,7-8,11-12,17H,3-4,6,9-10,13-15H2,1-2H3,(H2,24,25,31). The summed E-state index contributed by atoms with van der Waals surface area (Å²) in [6.45, 7) is 5.88. The van der Waals surface area contributed by atoms with Gasteiger partial charge in [0.1, 0.15) is 0 Å². The molecule has 0 radical (unpaired) electrons. The van der Waals surface area contributed by atoms with Crippen molar-refractivity contribution in [2.75, 3.05) is 30.3 Å². The maximum Gasteiger partial charge on any atom is 0.337 e. The van der Waals surface area contributed by atoms with Gasteiger partial charge < -0.3 is 20.3 Å². The summed E-state index contributed by atoms with van der Waals surface area (Å²) in [5, 5.41) is 15.3. The molecule has 1 aromatic heterocycles. The number of urea groups is 1. The van der Waals surface area contributed by atoms with Crippen molar-refractivity contribution in [2.24, 2.45) is 0 Å². The van der Waals surface area contributed by atoms with Crippen LogP contribution in [-0.4, -0.2) is 58.3 Å². The van der Waals surface area contributed by atoms with Crippen molar-refractivity contribution < 1.29 is 14.3 Å². The molecular formula is C23H30N6O3S. The van der Waals surface area contributed by atoms with E-state index in [0.29, 0.717) is 28.6 Å². The van der Waals surface area contributed by atoms with Crippen LogP contribution in [0.2, 0.25) is 0 Å². The normalized spacial score (nSPS) is 18.7. The van der Waals surface area contributed by atoms with Gasteiger partial charge in [-0.05, 0) is 44.7 Å². The van der Waals surface area contributed by atoms with Gasteiger partial charge in [-0.15, -0.1) is 10.2 Å². The average molecular weight is 471 g/mol. The van der Waals surface area contributed by atoms with E-state index in [9.17, 15) is 9.59 Å². The Morgan fingerprint density at radius 3 is 2.61 bits per heavy atom. The third-order valence-corrected chi connectivity index (χ3v) is 6.72. The maximum absolute atomic E-state index is 12.7. The summed E-state index contributed by atoms with van der Waals surface area (Å²) in [6.07, 6.45) is 4.10. The molecular weight excluding hydrogens is 440 g/mol. The SMILES string of the molecule is CCOC(=O)C1=C(CSc2nnc(N3CCCCC3)n2-c2ccccc2)NC(=O)NC1CC. The molecule has 2 N–H and O–H groups in total. The number of esters is 1. The number of benzene rings is 1. The number of thioether (sulfide) groups is 1. The fourth-order valence-corrected chi connectivity index (χ4v) is 5.09. The van der Waals surface area contributed by atoms with E-state index in [1.165, 1.54) is 18.2 Å². The zero-order valence-electron chi connectivity index (χ0n) is 19.0. The smallest absolute Gasteiger partial charge is 0.337 e. The fraction of sp³-hybridized carbons (Fsp3) is 0.478. The number of para-hydroxylation sites is 1. The van der Waals surface area contributed by atoms with Gasteiger partial charge in [0.25, 0.3) is 0 Å². The average Bonchev–Trinajstić information content (AvgIpc) is 3.27. The highest BCUT2D eigenvalue weighted by atomic mass is 32.2. The molecule has 1 fully saturated rings. The molecule has 33 heavy (non-hydrogen) atoms. The van der Waals surface area contributed by atoms with Crippen molar-refractivity contribution in [2.45, 2.75) is 50.7 Å². The number of carbonyl (C=O) groups excluding carboxylic acids is 2. The molecule has 1 aromatic carbocycles. The monoisotopic (exact) mass is 470 g/mol. The lowest BCUT2D eigenvalue weighted by Crippen LogP contribution is -2.50. The Labute approximate surface area is 198 Å². The van der Waals surface area contributed by atoms with Gasteiger partial charge in [-0.3, -0.25) is 4.57 Å². The first-order chi connectivity index (χ1) is 16.1. The van der Waals surface area contributed by atoms with Gasteiger partial charge in [0.2, 0.25) is 5.95 Å². The highest BCUT2D eigenvalue weighted by Crippen LogP contribution is 2.30. The van der Waals surface area contributed by atoms with E-state index in [2.05, 4.69) is 30.3 Å². The van der Waals surface area contributed by atoms with Crippen LogP contribution in [0.3, 0.4) is 0 Å². The second kappa shape index (κ2) is 10.7. The number of rotatable bonds is 8. The van der Waals surface area contributed by atoms with Crippen LogP contribution in [0.4, 0.5) is 10.7 Å². The van der Waals surface area contributed by atoms with E-state index in [-0.39, 0.29) is 18.7 Å². The lowest BCUT2D eigenvalue weighted by Gasteiger charge is -2.28. The first-order valence-electron chi connectivity index (χ1n) is 11.5. The zero-order chi connectivity index (χ0) is 23.2. The molecule has 1 atom stereocenters. The van der Waals surface area contributed by atoms with Crippen molar-refractivity contribution in [3.63, 3.8) is 0 Å². The topological polar surface area (TPSA) is 101 Å².